The van der Waals surface area contributed by atoms with Crippen LogP contribution in [0.1, 0.15) is 32.7 Å². The fraction of sp³-hybridized carbons (Fsp3) is 0.217. The molecule has 0 spiro atoms. The second-order valence-corrected chi connectivity index (χ2v) is 8.19. The lowest BCUT2D eigenvalue weighted by Crippen LogP contribution is -2.14. The quantitative estimate of drug-likeness (QED) is 0.623. The average Bonchev–Trinajstić information content (AvgIpc) is 3.27. The van der Waals surface area contributed by atoms with E-state index in [1.807, 2.05) is 6.21 Å². The lowest BCUT2D eigenvalue weighted by molar-refractivity contribution is 0.0600. The second-order valence-electron chi connectivity index (χ2n) is 7.13. The van der Waals surface area contributed by atoms with E-state index < -0.39 is 11.9 Å². The summed E-state index contributed by atoms with van der Waals surface area (Å²) in [6, 6.07) is 7.66. The number of nitrogens with one attached hydrogen (secondary N) is 1. The van der Waals surface area contributed by atoms with Crippen LogP contribution in [0.5, 0.6) is 17.2 Å². The summed E-state index contributed by atoms with van der Waals surface area (Å²) in [7, 11) is 4.08. The first-order valence-corrected chi connectivity index (χ1v) is 10.7. The molecule has 2 aliphatic rings. The van der Waals surface area contributed by atoms with Crippen molar-refractivity contribution in [3.05, 3.63) is 58.1 Å². The summed E-state index contributed by atoms with van der Waals surface area (Å²) in [6.07, 6.45) is 4.31. The number of phenolic OH excluding ortho intramolecular Hbond substituents is 1. The van der Waals surface area contributed by atoms with E-state index in [0.717, 1.165) is 9.95 Å². The highest BCUT2D eigenvalue weighted by Gasteiger charge is 2.27. The molecule has 0 aromatic heterocycles. The number of rotatable bonds is 6. The number of esters is 1. The fourth-order valence-electron chi connectivity index (χ4n) is 3.45. The summed E-state index contributed by atoms with van der Waals surface area (Å²) in [4.78, 5) is 35.1. The molecular formula is C23H21N3O6S. The summed E-state index contributed by atoms with van der Waals surface area (Å²) in [6.45, 7) is 0. The van der Waals surface area contributed by atoms with Gasteiger partial charge in [0.05, 0.1) is 32.9 Å². The van der Waals surface area contributed by atoms with Crippen LogP contribution in [0, 0.1) is 0 Å². The van der Waals surface area contributed by atoms with Crippen LogP contribution >= 0.6 is 11.8 Å². The molecule has 9 nitrogen and oxygen atoms in total. The third-order valence-corrected chi connectivity index (χ3v) is 6.18. The molecule has 0 saturated carbocycles. The van der Waals surface area contributed by atoms with Crippen LogP contribution in [-0.4, -0.2) is 55.6 Å². The molecule has 170 valence electrons. The minimum atomic E-state index is -0.542. The fourth-order valence-corrected chi connectivity index (χ4v) is 4.49. The van der Waals surface area contributed by atoms with Gasteiger partial charge in [-0.05, 0) is 30.3 Å². The number of hydrogen-bond donors (Lipinski definition) is 2. The maximum absolute atomic E-state index is 12.9. The molecule has 2 N–H and O–H groups in total. The molecule has 0 radical (unpaired) electrons. The van der Waals surface area contributed by atoms with Gasteiger partial charge < -0.3 is 24.6 Å². The average molecular weight is 468 g/mol. The highest BCUT2D eigenvalue weighted by atomic mass is 32.2. The predicted octanol–water partition coefficient (Wildman–Crippen LogP) is 3.63. The van der Waals surface area contributed by atoms with Gasteiger partial charge in [0.2, 0.25) is 5.75 Å². The largest absolute Gasteiger partial charge is 0.504 e. The number of amides is 1. The molecule has 0 saturated heterocycles. The van der Waals surface area contributed by atoms with E-state index in [1.165, 1.54) is 51.3 Å². The minimum absolute atomic E-state index is 0.0112. The first kappa shape index (κ1) is 22.4. The van der Waals surface area contributed by atoms with Gasteiger partial charge in [-0.25, -0.2) is 4.79 Å². The van der Waals surface area contributed by atoms with Crippen molar-refractivity contribution in [2.24, 2.45) is 9.98 Å². The summed E-state index contributed by atoms with van der Waals surface area (Å²) in [5.74, 6) is -0.952. The zero-order chi connectivity index (χ0) is 23.5. The van der Waals surface area contributed by atoms with Crippen molar-refractivity contribution in [2.75, 3.05) is 26.6 Å². The molecule has 4 rings (SSSR count). The number of phenols is 1. The van der Waals surface area contributed by atoms with Gasteiger partial charge in [0.25, 0.3) is 5.91 Å². The topological polar surface area (TPSA) is 119 Å². The first-order valence-electron chi connectivity index (χ1n) is 9.91. The van der Waals surface area contributed by atoms with Crippen LogP contribution in [-0.2, 0) is 4.74 Å². The number of anilines is 1. The van der Waals surface area contributed by atoms with Gasteiger partial charge in [-0.2, -0.15) is 0 Å². The number of aromatic hydroxyl groups is 1. The molecule has 2 aliphatic heterocycles. The number of carbonyl (C=O) groups excluding carboxylic acids is 2. The maximum atomic E-state index is 12.9. The van der Waals surface area contributed by atoms with Gasteiger partial charge >= 0.3 is 5.97 Å². The van der Waals surface area contributed by atoms with Crippen LogP contribution < -0.4 is 14.8 Å². The third kappa shape index (κ3) is 4.56. The Morgan fingerprint density at radius 2 is 1.91 bits per heavy atom. The molecule has 1 unspecified atom stereocenters. The summed E-state index contributed by atoms with van der Waals surface area (Å²) in [5.41, 5.74) is 1.46. The Morgan fingerprint density at radius 1 is 1.09 bits per heavy atom. The third-order valence-electron chi connectivity index (χ3n) is 5.03. The van der Waals surface area contributed by atoms with Crippen molar-refractivity contribution in [2.45, 2.75) is 12.5 Å². The van der Waals surface area contributed by atoms with Gasteiger partial charge in [0, 0.05) is 40.6 Å². The Hall–Kier alpha value is -3.79. The van der Waals surface area contributed by atoms with Crippen molar-refractivity contribution in [1.29, 1.82) is 0 Å². The second kappa shape index (κ2) is 9.37. The van der Waals surface area contributed by atoms with E-state index in [9.17, 15) is 14.7 Å². The van der Waals surface area contributed by atoms with Gasteiger partial charge in [-0.1, -0.05) is 11.8 Å². The number of fused-ring (bicyclic) bond motifs is 1. The monoisotopic (exact) mass is 467 g/mol. The van der Waals surface area contributed by atoms with Crippen LogP contribution in [0.2, 0.25) is 0 Å². The van der Waals surface area contributed by atoms with Gasteiger partial charge in [-0.3, -0.25) is 14.8 Å². The SMILES string of the molecule is COC(=O)c1cc(NC(=O)c2cc(O)c(OC)c(OC)c2)cc(C2=NC3CC=NC=C3S2)c1. The van der Waals surface area contributed by atoms with Crippen molar-refractivity contribution in [3.8, 4) is 17.2 Å². The Morgan fingerprint density at radius 3 is 2.61 bits per heavy atom. The van der Waals surface area contributed by atoms with Gasteiger partial charge in [0.15, 0.2) is 11.5 Å². The molecule has 1 amide bonds. The number of carbonyl (C=O) groups is 2. The number of ether oxygens (including phenoxy) is 3. The number of methoxy groups -OCH3 is 3. The summed E-state index contributed by atoms with van der Waals surface area (Å²) < 4.78 is 15.2. The Labute approximate surface area is 194 Å². The van der Waals surface area contributed by atoms with Crippen molar-refractivity contribution < 1.29 is 28.9 Å². The Bertz CT molecular complexity index is 1220. The number of benzene rings is 2. The van der Waals surface area contributed by atoms with Crippen LogP contribution in [0.3, 0.4) is 0 Å². The Balaban J connectivity index is 1.66. The normalized spacial score (nSPS) is 16.4. The molecule has 0 bridgehead atoms. The van der Waals surface area contributed by atoms with Gasteiger partial charge in [0.1, 0.15) is 5.04 Å². The van der Waals surface area contributed by atoms with E-state index in [4.69, 9.17) is 19.2 Å². The molecule has 0 aliphatic carbocycles. The molecule has 33 heavy (non-hydrogen) atoms. The molecular weight excluding hydrogens is 446 g/mol. The van der Waals surface area contributed by atoms with Crippen LogP contribution in [0.4, 0.5) is 5.69 Å². The van der Waals surface area contributed by atoms with Crippen LogP contribution in [0.25, 0.3) is 0 Å². The van der Waals surface area contributed by atoms with Crippen LogP contribution in [0.15, 0.2) is 51.4 Å². The Kier molecular flexibility index (Phi) is 6.36. The summed E-state index contributed by atoms with van der Waals surface area (Å²) in [5, 5.41) is 13.7. The van der Waals surface area contributed by atoms with E-state index in [1.54, 1.807) is 18.3 Å². The van der Waals surface area contributed by atoms with Crippen molar-refractivity contribution in [1.82, 2.24) is 0 Å². The molecule has 2 heterocycles. The molecule has 0 fully saturated rings. The highest BCUT2D eigenvalue weighted by molar-refractivity contribution is 8.18. The van der Waals surface area contributed by atoms with E-state index >= 15 is 0 Å². The predicted molar refractivity (Wildman–Crippen MR) is 126 cm³/mol. The lowest BCUT2D eigenvalue weighted by Gasteiger charge is -2.13. The maximum Gasteiger partial charge on any atom is 0.337 e. The first-order chi connectivity index (χ1) is 15.9. The molecule has 2 aromatic rings. The minimum Gasteiger partial charge on any atom is -0.504 e. The molecule has 2 aromatic carbocycles. The zero-order valence-corrected chi connectivity index (χ0v) is 18.9. The number of aliphatic imine (C=N–C) groups is 2. The highest BCUT2D eigenvalue weighted by Crippen LogP contribution is 2.39. The van der Waals surface area contributed by atoms with E-state index in [0.29, 0.717) is 17.7 Å². The lowest BCUT2D eigenvalue weighted by atomic mass is 10.1. The van der Waals surface area contributed by atoms with Crippen molar-refractivity contribution >= 4 is 40.6 Å². The van der Waals surface area contributed by atoms with E-state index in [2.05, 4.69) is 10.3 Å². The number of nitrogens with zero attached hydrogens (tertiary/aromatic N) is 2. The molecule has 10 heteroatoms. The zero-order valence-electron chi connectivity index (χ0n) is 18.1. The number of hydrogen-bond acceptors (Lipinski definition) is 9. The smallest absolute Gasteiger partial charge is 0.337 e. The summed E-state index contributed by atoms with van der Waals surface area (Å²) >= 11 is 1.48. The number of thioether (sulfide) groups is 1. The standard InChI is InChI=1S/C23H21N3O6S/c1-30-18-10-12(9-17(27)20(18)31-2)21(28)25-15-7-13(6-14(8-15)23(29)32-3)22-26-16-4-5-24-11-19(16)33-22/h5-11,16,27H,4H2,1-3H3,(H,25,28). The van der Waals surface area contributed by atoms with Crippen molar-refractivity contribution in [3.63, 3.8) is 0 Å². The van der Waals surface area contributed by atoms with Gasteiger partial charge in [-0.15, -0.1) is 0 Å². The van der Waals surface area contributed by atoms with E-state index in [-0.39, 0.29) is 34.4 Å². The molecule has 1 atom stereocenters.